The summed E-state index contributed by atoms with van der Waals surface area (Å²) in [6, 6.07) is 56.3. The molecule has 0 N–H and O–H groups in total. The van der Waals surface area contributed by atoms with Gasteiger partial charge in [-0.25, -0.2) is 0 Å². The van der Waals surface area contributed by atoms with E-state index in [0.29, 0.717) is 0 Å². The van der Waals surface area contributed by atoms with E-state index < -0.39 is 0 Å². The van der Waals surface area contributed by atoms with Crippen molar-refractivity contribution < 1.29 is 0 Å². The van der Waals surface area contributed by atoms with E-state index in [-0.39, 0.29) is 11.3 Å². The monoisotopic (exact) mass is 667 g/mol. The third-order valence-electron chi connectivity index (χ3n) is 10.5. The van der Waals surface area contributed by atoms with Crippen LogP contribution >= 0.6 is 15.9 Å². The Morgan fingerprint density at radius 3 is 2.06 bits per heavy atom. The molecule has 2 aliphatic carbocycles. The number of halogens is 1. The minimum absolute atomic E-state index is 0.0205. The Morgan fingerprint density at radius 2 is 1.19 bits per heavy atom. The fourth-order valence-electron chi connectivity index (χ4n) is 8.13. The van der Waals surface area contributed by atoms with E-state index in [9.17, 15) is 0 Å². The van der Waals surface area contributed by atoms with E-state index in [1.807, 2.05) is 0 Å². The minimum atomic E-state index is -0.0205. The third-order valence-corrected chi connectivity index (χ3v) is 11.0. The van der Waals surface area contributed by atoms with Gasteiger partial charge in [-0.1, -0.05) is 133 Å². The predicted octanol–water partition coefficient (Wildman–Crippen LogP) is 12.7. The molecule has 0 heterocycles. The normalized spacial score (nSPS) is 15.4. The van der Waals surface area contributed by atoms with Crippen LogP contribution in [0.4, 0.5) is 17.1 Å². The highest BCUT2D eigenvalue weighted by molar-refractivity contribution is 9.10. The van der Waals surface area contributed by atoms with Crippen molar-refractivity contribution in [1.29, 1.82) is 0 Å². The second-order valence-corrected chi connectivity index (χ2v) is 14.4. The van der Waals surface area contributed by atoms with E-state index in [1.165, 1.54) is 66.5 Å². The Labute approximate surface area is 285 Å². The highest BCUT2D eigenvalue weighted by Crippen LogP contribution is 2.51. The molecule has 0 fully saturated rings. The van der Waals surface area contributed by atoms with Crippen LogP contribution in [0.1, 0.15) is 47.6 Å². The Bertz CT molecular complexity index is 2330. The zero-order chi connectivity index (χ0) is 31.7. The standard InChI is InChI=1S/C45H34BrN/c1-45(2)43-15-9-8-14-40(43)41-22-18-31(28-44(41)45)42-27-32-26-36(21-23-37(32)38-12-6-7-13-39(38)42)47(34-10-4-3-5-11-34)35-20-17-29-24-33(46)19-16-30(29)25-35/h3-26,28,42H,27H2,1-2H3. The molecule has 0 radical (unpaired) electrons. The van der Waals surface area contributed by atoms with Crippen LogP contribution in [0, 0.1) is 0 Å². The molecule has 226 valence electrons. The second kappa shape index (κ2) is 10.8. The molecule has 0 aliphatic heterocycles. The van der Waals surface area contributed by atoms with E-state index in [0.717, 1.165) is 22.3 Å². The minimum Gasteiger partial charge on any atom is -0.310 e. The first kappa shape index (κ1) is 28.3. The fraction of sp³-hybridized carbons (Fsp3) is 0.111. The van der Waals surface area contributed by atoms with Crippen molar-refractivity contribution in [2.45, 2.75) is 31.6 Å². The van der Waals surface area contributed by atoms with Crippen LogP contribution < -0.4 is 4.90 Å². The Kier molecular flexibility index (Phi) is 6.52. The van der Waals surface area contributed by atoms with Crippen molar-refractivity contribution in [2.75, 3.05) is 4.90 Å². The van der Waals surface area contributed by atoms with Crippen LogP contribution in [0.2, 0.25) is 0 Å². The van der Waals surface area contributed by atoms with Gasteiger partial charge in [0.2, 0.25) is 0 Å². The van der Waals surface area contributed by atoms with E-state index >= 15 is 0 Å². The maximum atomic E-state index is 3.64. The first-order valence-corrected chi connectivity index (χ1v) is 17.3. The lowest BCUT2D eigenvalue weighted by Crippen LogP contribution is -2.17. The van der Waals surface area contributed by atoms with Crippen molar-refractivity contribution in [3.63, 3.8) is 0 Å². The second-order valence-electron chi connectivity index (χ2n) is 13.5. The van der Waals surface area contributed by atoms with Gasteiger partial charge in [0.05, 0.1) is 0 Å². The summed E-state index contributed by atoms with van der Waals surface area (Å²) in [7, 11) is 0. The number of para-hydroxylation sites is 1. The van der Waals surface area contributed by atoms with E-state index in [1.54, 1.807) is 0 Å². The topological polar surface area (TPSA) is 3.24 Å². The number of nitrogens with zero attached hydrogens (tertiary/aromatic N) is 1. The average Bonchev–Trinajstić information content (AvgIpc) is 3.34. The summed E-state index contributed by atoms with van der Waals surface area (Å²) in [5.41, 5.74) is 16.0. The molecule has 1 nitrogen and oxygen atoms in total. The summed E-state index contributed by atoms with van der Waals surface area (Å²) in [5.74, 6) is 0.281. The molecule has 9 rings (SSSR count). The SMILES string of the molecule is CC1(C)c2ccccc2-c2ccc(C3Cc4cc(N(c5ccccc5)c5ccc6cc(Br)ccc6c5)ccc4-c4ccccc43)cc21. The third kappa shape index (κ3) is 4.58. The van der Waals surface area contributed by atoms with Gasteiger partial charge < -0.3 is 4.90 Å². The summed E-state index contributed by atoms with van der Waals surface area (Å²) >= 11 is 3.64. The zero-order valence-electron chi connectivity index (χ0n) is 26.5. The quantitative estimate of drug-likeness (QED) is 0.180. The summed E-state index contributed by atoms with van der Waals surface area (Å²) in [6.45, 7) is 4.75. The van der Waals surface area contributed by atoms with Crippen molar-refractivity contribution >= 4 is 43.8 Å². The largest absolute Gasteiger partial charge is 0.310 e. The zero-order valence-corrected chi connectivity index (χ0v) is 28.1. The molecule has 47 heavy (non-hydrogen) atoms. The number of hydrogen-bond acceptors (Lipinski definition) is 1. The van der Waals surface area contributed by atoms with Crippen molar-refractivity contribution in [1.82, 2.24) is 0 Å². The maximum Gasteiger partial charge on any atom is 0.0468 e. The molecule has 2 heteroatoms. The lowest BCUT2D eigenvalue weighted by Gasteiger charge is -2.32. The average molecular weight is 669 g/mol. The molecule has 0 aromatic heterocycles. The molecule has 7 aromatic rings. The van der Waals surface area contributed by atoms with Gasteiger partial charge in [-0.05, 0) is 116 Å². The lowest BCUT2D eigenvalue weighted by molar-refractivity contribution is 0.657. The molecule has 1 unspecified atom stereocenters. The van der Waals surface area contributed by atoms with Crippen LogP contribution in [0.3, 0.4) is 0 Å². The number of benzene rings is 7. The van der Waals surface area contributed by atoms with Gasteiger partial charge in [0, 0.05) is 32.9 Å². The summed E-state index contributed by atoms with van der Waals surface area (Å²) in [4.78, 5) is 2.40. The van der Waals surface area contributed by atoms with Crippen molar-refractivity contribution in [3.8, 4) is 22.3 Å². The molecular formula is C45H34BrN. The highest BCUT2D eigenvalue weighted by Gasteiger charge is 2.36. The number of rotatable bonds is 4. The van der Waals surface area contributed by atoms with Crippen LogP contribution in [0.25, 0.3) is 33.0 Å². The summed E-state index contributed by atoms with van der Waals surface area (Å²) < 4.78 is 1.10. The summed E-state index contributed by atoms with van der Waals surface area (Å²) in [5, 5.41) is 2.45. The molecule has 1 atom stereocenters. The molecule has 0 spiro atoms. The van der Waals surface area contributed by atoms with Crippen LogP contribution in [-0.4, -0.2) is 0 Å². The molecule has 0 amide bonds. The highest BCUT2D eigenvalue weighted by atomic mass is 79.9. The van der Waals surface area contributed by atoms with Crippen molar-refractivity contribution in [3.05, 3.63) is 184 Å². The first-order chi connectivity index (χ1) is 23.0. The van der Waals surface area contributed by atoms with Crippen LogP contribution in [0.5, 0.6) is 0 Å². The number of hydrogen-bond donors (Lipinski definition) is 0. The molecule has 2 aliphatic rings. The molecule has 7 aromatic carbocycles. The summed E-state index contributed by atoms with van der Waals surface area (Å²) in [6.07, 6.45) is 0.959. The smallest absolute Gasteiger partial charge is 0.0468 e. The van der Waals surface area contributed by atoms with Gasteiger partial charge >= 0.3 is 0 Å². The first-order valence-electron chi connectivity index (χ1n) is 16.5. The maximum absolute atomic E-state index is 3.64. The van der Waals surface area contributed by atoms with Crippen molar-refractivity contribution in [2.24, 2.45) is 0 Å². The predicted molar refractivity (Wildman–Crippen MR) is 201 cm³/mol. The van der Waals surface area contributed by atoms with E-state index in [4.69, 9.17) is 0 Å². The fourth-order valence-corrected chi connectivity index (χ4v) is 8.51. The lowest BCUT2D eigenvalue weighted by atomic mass is 9.74. The Balaban J connectivity index is 1.17. The van der Waals surface area contributed by atoms with E-state index in [2.05, 4.69) is 186 Å². The van der Waals surface area contributed by atoms with Gasteiger partial charge in [-0.15, -0.1) is 0 Å². The number of anilines is 3. The molecule has 0 saturated carbocycles. The Hall–Kier alpha value is -4.92. The number of fused-ring (bicyclic) bond motifs is 7. The molecular weight excluding hydrogens is 634 g/mol. The molecule has 0 saturated heterocycles. The van der Waals surface area contributed by atoms with Gasteiger partial charge in [-0.2, -0.15) is 0 Å². The Morgan fingerprint density at radius 1 is 0.532 bits per heavy atom. The van der Waals surface area contributed by atoms with Gasteiger partial charge in [0.15, 0.2) is 0 Å². The van der Waals surface area contributed by atoms with Gasteiger partial charge in [0.1, 0.15) is 0 Å². The van der Waals surface area contributed by atoms with Gasteiger partial charge in [0.25, 0.3) is 0 Å². The van der Waals surface area contributed by atoms with Crippen LogP contribution in [-0.2, 0) is 11.8 Å². The molecule has 0 bridgehead atoms. The van der Waals surface area contributed by atoms with Crippen LogP contribution in [0.15, 0.2) is 156 Å². The van der Waals surface area contributed by atoms with Gasteiger partial charge in [-0.3, -0.25) is 0 Å².